The molecule has 1 aliphatic rings. The number of esters is 1. The van der Waals surface area contributed by atoms with Crippen molar-refractivity contribution in [1.29, 1.82) is 0 Å². The Hall–Kier alpha value is -1.44. The molecule has 8 heteroatoms. The van der Waals surface area contributed by atoms with Crippen LogP contribution in [-0.2, 0) is 10.9 Å². The molecule has 0 radical (unpaired) electrons. The van der Waals surface area contributed by atoms with E-state index in [9.17, 15) is 22.8 Å². The fraction of sp³-hybridized carbons (Fsp3) is 0.538. The van der Waals surface area contributed by atoms with Gasteiger partial charge in [0, 0.05) is 10.9 Å². The summed E-state index contributed by atoms with van der Waals surface area (Å²) in [5.41, 5.74) is -2.99. The number of hydrogen-bond donors (Lipinski definition) is 1. The molecule has 0 saturated heterocycles. The number of halogens is 3. The molecule has 0 bridgehead atoms. The van der Waals surface area contributed by atoms with Crippen molar-refractivity contribution >= 4 is 17.7 Å². The van der Waals surface area contributed by atoms with Gasteiger partial charge in [0.05, 0.1) is 5.56 Å². The highest BCUT2D eigenvalue weighted by atomic mass is 32.2. The average molecular weight is 321 g/mol. The summed E-state index contributed by atoms with van der Waals surface area (Å²) >= 11 is 1.59. The van der Waals surface area contributed by atoms with Gasteiger partial charge < -0.3 is 9.72 Å². The summed E-state index contributed by atoms with van der Waals surface area (Å²) < 4.78 is 42.8. The van der Waals surface area contributed by atoms with E-state index in [0.717, 1.165) is 25.5 Å². The lowest BCUT2D eigenvalue weighted by atomic mass is 9.85. The molecule has 1 saturated carbocycles. The van der Waals surface area contributed by atoms with Crippen molar-refractivity contribution in [3.8, 4) is 0 Å². The summed E-state index contributed by atoms with van der Waals surface area (Å²) in [5, 5.41) is 0. The molecule has 0 aromatic carbocycles. The second-order valence-corrected chi connectivity index (χ2v) is 6.22. The number of rotatable bonds is 4. The molecule has 0 amide bonds. The van der Waals surface area contributed by atoms with Gasteiger partial charge >= 0.3 is 12.1 Å². The number of pyridine rings is 1. The second-order valence-electron chi connectivity index (χ2n) is 4.95. The smallest absolute Gasteiger partial charge is 0.421 e. The van der Waals surface area contributed by atoms with Crippen LogP contribution in [-0.4, -0.2) is 28.6 Å². The van der Waals surface area contributed by atoms with E-state index >= 15 is 0 Å². The number of alkyl halides is 3. The lowest BCUT2D eigenvalue weighted by Crippen LogP contribution is -2.39. The number of aromatic amines is 1. The van der Waals surface area contributed by atoms with Gasteiger partial charge in [0.1, 0.15) is 12.2 Å². The lowest BCUT2D eigenvalue weighted by Gasteiger charge is -2.39. The topological polar surface area (TPSA) is 59.2 Å². The number of ether oxygens (including phenoxy) is 1. The van der Waals surface area contributed by atoms with Crippen LogP contribution in [0.3, 0.4) is 0 Å². The van der Waals surface area contributed by atoms with Crippen LogP contribution in [0, 0.1) is 0 Å². The number of hydrogen-bond acceptors (Lipinski definition) is 4. The number of aromatic nitrogens is 1. The van der Waals surface area contributed by atoms with E-state index in [4.69, 9.17) is 4.74 Å². The van der Waals surface area contributed by atoms with Crippen LogP contribution in [0.2, 0.25) is 0 Å². The Labute approximate surface area is 123 Å². The number of carbonyl (C=O) groups is 1. The van der Waals surface area contributed by atoms with E-state index in [1.807, 2.05) is 11.2 Å². The first-order valence-corrected chi connectivity index (χ1v) is 7.52. The highest BCUT2D eigenvalue weighted by molar-refractivity contribution is 8.00. The molecule has 2 rings (SSSR count). The maximum atomic E-state index is 12.6. The maximum Gasteiger partial charge on any atom is 0.421 e. The van der Waals surface area contributed by atoms with Crippen molar-refractivity contribution in [2.45, 2.75) is 30.2 Å². The monoisotopic (exact) mass is 321 g/mol. The van der Waals surface area contributed by atoms with Crippen LogP contribution in [0.4, 0.5) is 13.2 Å². The van der Waals surface area contributed by atoms with Gasteiger partial charge in [-0.15, -0.1) is 0 Å². The molecule has 1 N–H and O–H groups in total. The molecule has 0 aliphatic heterocycles. The first-order valence-electron chi connectivity index (χ1n) is 6.30. The molecule has 4 nitrogen and oxygen atoms in total. The molecular formula is C13H14F3NO3S. The first kappa shape index (κ1) is 15.9. The van der Waals surface area contributed by atoms with Crippen LogP contribution in [0.5, 0.6) is 0 Å². The van der Waals surface area contributed by atoms with Crippen LogP contribution in [0.1, 0.15) is 35.2 Å². The third-order valence-electron chi connectivity index (χ3n) is 3.61. The highest BCUT2D eigenvalue weighted by Gasteiger charge is 2.38. The van der Waals surface area contributed by atoms with Gasteiger partial charge in [0.15, 0.2) is 0 Å². The van der Waals surface area contributed by atoms with Crippen molar-refractivity contribution in [2.24, 2.45) is 0 Å². The molecule has 0 spiro atoms. The molecule has 1 aromatic heterocycles. The lowest BCUT2D eigenvalue weighted by molar-refractivity contribution is -0.138. The summed E-state index contributed by atoms with van der Waals surface area (Å²) in [4.78, 5) is 24.9. The zero-order valence-corrected chi connectivity index (χ0v) is 12.1. The van der Waals surface area contributed by atoms with Crippen LogP contribution in [0.25, 0.3) is 0 Å². The highest BCUT2D eigenvalue weighted by Crippen LogP contribution is 2.43. The minimum absolute atomic E-state index is 0.120. The van der Waals surface area contributed by atoms with Gasteiger partial charge in [0.25, 0.3) is 5.56 Å². The van der Waals surface area contributed by atoms with E-state index < -0.39 is 23.3 Å². The van der Waals surface area contributed by atoms with Gasteiger partial charge in [-0.3, -0.25) is 4.79 Å². The fourth-order valence-corrected chi connectivity index (χ4v) is 2.94. The zero-order valence-electron chi connectivity index (χ0n) is 11.3. The molecule has 1 heterocycles. The van der Waals surface area contributed by atoms with Gasteiger partial charge in [0.2, 0.25) is 0 Å². The fourth-order valence-electron chi connectivity index (χ4n) is 2.07. The van der Waals surface area contributed by atoms with Crippen LogP contribution < -0.4 is 5.56 Å². The Morgan fingerprint density at radius 3 is 2.62 bits per heavy atom. The van der Waals surface area contributed by atoms with Gasteiger partial charge in [-0.05, 0) is 25.2 Å². The number of thioether (sulfide) groups is 1. The normalized spacial score (nSPS) is 17.1. The summed E-state index contributed by atoms with van der Waals surface area (Å²) in [6.45, 7) is 0.160. The van der Waals surface area contributed by atoms with Gasteiger partial charge in [-0.1, -0.05) is 6.42 Å². The van der Waals surface area contributed by atoms with Crippen molar-refractivity contribution < 1.29 is 22.7 Å². The summed E-state index contributed by atoms with van der Waals surface area (Å²) in [6.07, 6.45) is 0.927. The third kappa shape index (κ3) is 3.42. The summed E-state index contributed by atoms with van der Waals surface area (Å²) in [5.74, 6) is -0.864. The largest absolute Gasteiger partial charge is 0.461 e. The minimum atomic E-state index is -4.81. The molecule has 21 heavy (non-hydrogen) atoms. The van der Waals surface area contributed by atoms with Gasteiger partial charge in [-0.25, -0.2) is 4.79 Å². The Bertz CT molecular complexity index is 588. The van der Waals surface area contributed by atoms with E-state index in [-0.39, 0.29) is 16.9 Å². The zero-order chi connectivity index (χ0) is 15.7. The van der Waals surface area contributed by atoms with Gasteiger partial charge in [-0.2, -0.15) is 24.9 Å². The molecular weight excluding hydrogens is 307 g/mol. The van der Waals surface area contributed by atoms with Crippen molar-refractivity contribution in [3.05, 3.63) is 33.7 Å². The second kappa shape index (κ2) is 5.75. The predicted molar refractivity (Wildman–Crippen MR) is 72.4 cm³/mol. The van der Waals surface area contributed by atoms with E-state index in [1.54, 1.807) is 11.8 Å². The van der Waals surface area contributed by atoms with Crippen molar-refractivity contribution in [1.82, 2.24) is 4.98 Å². The number of H-pyrrole nitrogens is 1. The number of nitrogens with one attached hydrogen (secondary N) is 1. The minimum Gasteiger partial charge on any atom is -0.461 e. The molecule has 0 atom stereocenters. The average Bonchev–Trinajstić information content (AvgIpc) is 2.37. The number of carbonyl (C=O) groups excluding carboxylic acids is 1. The Kier molecular flexibility index (Phi) is 4.36. The standard InChI is InChI=1S/C13H14F3NO3S/c1-21-12(3-2-4-12)7-20-11(19)8-5-9(13(14,15)16)10(18)17-6-8/h5-6H,2-4,7H2,1H3,(H,17,18). The summed E-state index contributed by atoms with van der Waals surface area (Å²) in [6, 6.07) is 0.522. The third-order valence-corrected chi connectivity index (χ3v) is 5.00. The van der Waals surface area contributed by atoms with Crippen molar-refractivity contribution in [2.75, 3.05) is 12.9 Å². The first-order chi connectivity index (χ1) is 9.77. The molecule has 1 aliphatic carbocycles. The maximum absolute atomic E-state index is 12.6. The quantitative estimate of drug-likeness (QED) is 0.866. The van der Waals surface area contributed by atoms with E-state index in [1.165, 1.54) is 0 Å². The molecule has 0 unspecified atom stereocenters. The van der Waals surface area contributed by atoms with Crippen molar-refractivity contribution in [3.63, 3.8) is 0 Å². The van der Waals surface area contributed by atoms with E-state index in [2.05, 4.69) is 0 Å². The molecule has 116 valence electrons. The van der Waals surface area contributed by atoms with Crippen LogP contribution in [0.15, 0.2) is 17.1 Å². The Morgan fingerprint density at radius 2 is 2.14 bits per heavy atom. The summed E-state index contributed by atoms with van der Waals surface area (Å²) in [7, 11) is 0. The SMILES string of the molecule is CSC1(COC(=O)c2c[nH]c(=O)c(C(F)(F)F)c2)CCC1. The molecule has 1 aromatic rings. The van der Waals surface area contributed by atoms with Crippen LogP contribution >= 0.6 is 11.8 Å². The Balaban J connectivity index is 2.11. The Morgan fingerprint density at radius 1 is 1.48 bits per heavy atom. The molecule has 1 fully saturated rings. The van der Waals surface area contributed by atoms with E-state index in [0.29, 0.717) is 6.07 Å². The predicted octanol–water partition coefficient (Wildman–Crippen LogP) is 2.84.